The molecule has 0 amide bonds. The Kier molecular flexibility index (Phi) is 4.55. The molecule has 0 atom stereocenters. The minimum atomic E-state index is -1.02. The lowest BCUT2D eigenvalue weighted by Crippen LogP contribution is -2.08. The third kappa shape index (κ3) is 3.22. The van der Waals surface area contributed by atoms with Gasteiger partial charge in [-0.25, -0.2) is 9.20 Å². The molecule has 0 spiro atoms. The highest BCUT2D eigenvalue weighted by atomic mass is 16.4. The maximum Gasteiger partial charge on any atom is 0.325 e. The first kappa shape index (κ1) is 18.4. The van der Waals surface area contributed by atoms with Gasteiger partial charge in [-0.05, 0) is 31.2 Å². The fraction of sp³-hybridized carbons (Fsp3) is 0.150. The van der Waals surface area contributed by atoms with Gasteiger partial charge in [0, 0.05) is 6.54 Å². The van der Waals surface area contributed by atoms with Gasteiger partial charge in [-0.1, -0.05) is 23.4 Å². The standard InChI is InChI=1S/C20H18N6O3/c1-3-10-25-15-6-4-5-7-16(15)26-20(25)19(13(2)22-26)17(27)9-8-14-11-24(23-21-14)12-18(28)29/h3-9,11H,1,10,12H2,2H3,(H,28,29)/b9-8+. The molecular formula is C20H18N6O3. The number of aryl methyl sites for hydroxylation is 1. The van der Waals surface area contributed by atoms with Gasteiger partial charge >= 0.3 is 5.97 Å². The summed E-state index contributed by atoms with van der Waals surface area (Å²) >= 11 is 0. The van der Waals surface area contributed by atoms with Gasteiger partial charge in [-0.2, -0.15) is 5.10 Å². The van der Waals surface area contributed by atoms with Crippen LogP contribution in [0, 0.1) is 6.92 Å². The maximum atomic E-state index is 13.0. The molecule has 0 aliphatic carbocycles. The second-order valence-corrected chi connectivity index (χ2v) is 6.52. The number of ketones is 1. The summed E-state index contributed by atoms with van der Waals surface area (Å²) in [5.41, 5.74) is 4.08. The molecule has 0 aliphatic heterocycles. The second-order valence-electron chi connectivity index (χ2n) is 6.52. The molecule has 4 aromatic rings. The molecule has 3 aromatic heterocycles. The molecule has 4 rings (SSSR count). The molecule has 9 nitrogen and oxygen atoms in total. The van der Waals surface area contributed by atoms with E-state index >= 15 is 0 Å². The molecule has 1 N–H and O–H groups in total. The molecule has 0 fully saturated rings. The van der Waals surface area contributed by atoms with Crippen LogP contribution in [0.1, 0.15) is 21.7 Å². The van der Waals surface area contributed by atoms with E-state index in [-0.39, 0.29) is 12.3 Å². The lowest BCUT2D eigenvalue weighted by atomic mass is 10.1. The highest BCUT2D eigenvalue weighted by Crippen LogP contribution is 2.26. The number of nitrogens with zero attached hydrogens (tertiary/aromatic N) is 6. The van der Waals surface area contributed by atoms with Gasteiger partial charge in [-0.3, -0.25) is 9.59 Å². The molecule has 0 unspecified atom stereocenters. The van der Waals surface area contributed by atoms with E-state index in [1.54, 1.807) is 17.5 Å². The van der Waals surface area contributed by atoms with E-state index in [9.17, 15) is 9.59 Å². The quantitative estimate of drug-likeness (QED) is 0.295. The molecule has 0 saturated carbocycles. The number of carbonyl (C=O) groups is 2. The number of allylic oxidation sites excluding steroid dienone is 2. The van der Waals surface area contributed by atoms with Crippen molar-refractivity contribution >= 4 is 34.5 Å². The van der Waals surface area contributed by atoms with Crippen LogP contribution in [0.4, 0.5) is 0 Å². The summed E-state index contributed by atoms with van der Waals surface area (Å²) in [6, 6.07) is 7.81. The van der Waals surface area contributed by atoms with E-state index in [1.807, 2.05) is 28.8 Å². The summed E-state index contributed by atoms with van der Waals surface area (Å²) in [6.07, 6.45) is 6.15. The van der Waals surface area contributed by atoms with E-state index in [1.165, 1.54) is 23.0 Å². The Morgan fingerprint density at radius 1 is 1.24 bits per heavy atom. The Morgan fingerprint density at radius 2 is 2.00 bits per heavy atom. The van der Waals surface area contributed by atoms with Crippen LogP contribution in [0.3, 0.4) is 0 Å². The smallest absolute Gasteiger partial charge is 0.325 e. The van der Waals surface area contributed by atoms with Gasteiger partial charge in [-0.15, -0.1) is 11.7 Å². The first-order chi connectivity index (χ1) is 14.0. The van der Waals surface area contributed by atoms with E-state index in [0.29, 0.717) is 29.1 Å². The van der Waals surface area contributed by atoms with Gasteiger partial charge in [0.05, 0.1) is 28.5 Å². The Balaban J connectivity index is 1.76. The highest BCUT2D eigenvalue weighted by Gasteiger charge is 2.21. The van der Waals surface area contributed by atoms with Gasteiger partial charge < -0.3 is 9.67 Å². The van der Waals surface area contributed by atoms with Crippen molar-refractivity contribution in [2.24, 2.45) is 0 Å². The number of para-hydroxylation sites is 2. The minimum Gasteiger partial charge on any atom is -0.480 e. The van der Waals surface area contributed by atoms with E-state index < -0.39 is 5.97 Å². The highest BCUT2D eigenvalue weighted by molar-refractivity contribution is 6.12. The largest absolute Gasteiger partial charge is 0.480 e. The van der Waals surface area contributed by atoms with Gasteiger partial charge in [0.1, 0.15) is 17.9 Å². The lowest BCUT2D eigenvalue weighted by molar-refractivity contribution is -0.137. The van der Waals surface area contributed by atoms with E-state index in [4.69, 9.17) is 5.11 Å². The van der Waals surface area contributed by atoms with Crippen LogP contribution in [0.2, 0.25) is 0 Å². The monoisotopic (exact) mass is 390 g/mol. The van der Waals surface area contributed by atoms with Crippen molar-refractivity contribution in [2.45, 2.75) is 20.0 Å². The van der Waals surface area contributed by atoms with Crippen molar-refractivity contribution < 1.29 is 14.7 Å². The number of imidazole rings is 1. The van der Waals surface area contributed by atoms with Crippen LogP contribution in [0.25, 0.3) is 22.8 Å². The number of aromatic nitrogens is 6. The third-order valence-electron chi connectivity index (χ3n) is 4.51. The average molecular weight is 390 g/mol. The maximum absolute atomic E-state index is 13.0. The zero-order chi connectivity index (χ0) is 20.5. The Labute approximate surface area is 165 Å². The van der Waals surface area contributed by atoms with Crippen molar-refractivity contribution in [3.8, 4) is 0 Å². The minimum absolute atomic E-state index is 0.224. The summed E-state index contributed by atoms with van der Waals surface area (Å²) in [4.78, 5) is 23.7. The molecule has 0 aliphatic rings. The van der Waals surface area contributed by atoms with Crippen molar-refractivity contribution in [1.29, 1.82) is 0 Å². The van der Waals surface area contributed by atoms with Crippen molar-refractivity contribution in [3.05, 3.63) is 66.1 Å². The van der Waals surface area contributed by atoms with Crippen LogP contribution >= 0.6 is 0 Å². The zero-order valence-corrected chi connectivity index (χ0v) is 15.7. The average Bonchev–Trinajstić information content (AvgIpc) is 3.34. The van der Waals surface area contributed by atoms with Crippen molar-refractivity contribution in [3.63, 3.8) is 0 Å². The zero-order valence-electron chi connectivity index (χ0n) is 15.7. The van der Waals surface area contributed by atoms with E-state index in [2.05, 4.69) is 22.0 Å². The SMILES string of the molecule is C=CCn1c2ccccc2n2nc(C)c(C(=O)/C=C/c3cn(CC(=O)O)nn3)c12. The molecule has 3 heterocycles. The number of fused-ring (bicyclic) bond motifs is 3. The molecule has 0 radical (unpaired) electrons. The molecule has 146 valence electrons. The topological polar surface area (TPSA) is 107 Å². The van der Waals surface area contributed by atoms with Crippen LogP contribution < -0.4 is 0 Å². The van der Waals surface area contributed by atoms with Gasteiger partial charge in [0.15, 0.2) is 5.78 Å². The fourth-order valence-corrected chi connectivity index (χ4v) is 3.37. The Bertz CT molecular complexity index is 1290. The number of carbonyl (C=O) groups excluding carboxylic acids is 1. The predicted octanol–water partition coefficient (Wildman–Crippen LogP) is 2.36. The number of hydrogen-bond acceptors (Lipinski definition) is 5. The second kappa shape index (κ2) is 7.19. The number of aliphatic carboxylic acids is 1. The van der Waals surface area contributed by atoms with Crippen LogP contribution in [-0.4, -0.2) is 46.0 Å². The number of hydrogen-bond donors (Lipinski definition) is 1. The predicted molar refractivity (Wildman–Crippen MR) is 107 cm³/mol. The number of rotatable bonds is 7. The molecule has 0 saturated heterocycles. The molecule has 29 heavy (non-hydrogen) atoms. The summed E-state index contributed by atoms with van der Waals surface area (Å²) < 4.78 is 4.97. The summed E-state index contributed by atoms with van der Waals surface area (Å²) in [5, 5.41) is 21.0. The lowest BCUT2D eigenvalue weighted by Gasteiger charge is -2.03. The fourth-order valence-electron chi connectivity index (χ4n) is 3.37. The molecule has 9 heteroatoms. The molecular weight excluding hydrogens is 372 g/mol. The Morgan fingerprint density at radius 3 is 2.72 bits per heavy atom. The van der Waals surface area contributed by atoms with Crippen molar-refractivity contribution in [1.82, 2.24) is 29.2 Å². The third-order valence-corrected chi connectivity index (χ3v) is 4.51. The van der Waals surface area contributed by atoms with Gasteiger partial charge in [0.25, 0.3) is 0 Å². The van der Waals surface area contributed by atoms with E-state index in [0.717, 1.165) is 11.0 Å². The summed E-state index contributed by atoms with van der Waals surface area (Å²) in [5.74, 6) is -1.24. The van der Waals surface area contributed by atoms with Crippen LogP contribution in [-0.2, 0) is 17.9 Å². The van der Waals surface area contributed by atoms with Crippen molar-refractivity contribution in [2.75, 3.05) is 0 Å². The summed E-state index contributed by atoms with van der Waals surface area (Å²) in [6.45, 7) is 5.86. The number of carboxylic acids is 1. The van der Waals surface area contributed by atoms with Crippen LogP contribution in [0.5, 0.6) is 0 Å². The first-order valence-electron chi connectivity index (χ1n) is 8.91. The summed E-state index contributed by atoms with van der Waals surface area (Å²) in [7, 11) is 0. The first-order valence-corrected chi connectivity index (χ1v) is 8.91. The molecule has 0 bridgehead atoms. The number of carboxylic acid groups (broad SMARTS) is 1. The van der Waals surface area contributed by atoms with Crippen LogP contribution in [0.15, 0.2) is 49.2 Å². The number of benzene rings is 1. The molecule has 1 aromatic carbocycles. The van der Waals surface area contributed by atoms with Gasteiger partial charge in [0.2, 0.25) is 0 Å². The Hall–Kier alpha value is -4.01. The normalized spacial score (nSPS) is 11.6.